The van der Waals surface area contributed by atoms with Crippen LogP contribution in [0.5, 0.6) is 5.75 Å². The molecular weight excluding hydrogens is 490 g/mol. The summed E-state index contributed by atoms with van der Waals surface area (Å²) in [7, 11) is 0. The van der Waals surface area contributed by atoms with Crippen LogP contribution < -0.4 is 0 Å². The van der Waals surface area contributed by atoms with E-state index in [9.17, 15) is 24.3 Å². The van der Waals surface area contributed by atoms with Crippen molar-refractivity contribution in [2.24, 2.45) is 17.8 Å². The number of rotatable bonds is 2. The minimum atomic E-state index is -0.655. The van der Waals surface area contributed by atoms with Crippen LogP contribution in [0, 0.1) is 17.8 Å². The SMILES string of the molecule is CC1=CC(=O)C2=C(C1=O)C(c1c(O)ccc3ccccc13)C1=CCC3C(=O)N(C4CCCCC4)C(=O)C3C1C2. The van der Waals surface area contributed by atoms with Gasteiger partial charge in [-0.3, -0.25) is 24.1 Å². The van der Waals surface area contributed by atoms with Crippen LogP contribution in [0.1, 0.15) is 63.4 Å². The predicted molar refractivity (Wildman–Crippen MR) is 146 cm³/mol. The van der Waals surface area contributed by atoms with E-state index in [0.29, 0.717) is 28.7 Å². The molecule has 1 saturated carbocycles. The second-order valence-electron chi connectivity index (χ2n) is 11.8. The Morgan fingerprint density at radius 3 is 2.46 bits per heavy atom. The lowest BCUT2D eigenvalue weighted by Gasteiger charge is -2.42. The summed E-state index contributed by atoms with van der Waals surface area (Å²) in [5.41, 5.74) is 2.68. The highest BCUT2D eigenvalue weighted by atomic mass is 16.3. The Labute approximate surface area is 227 Å². The highest BCUT2D eigenvalue weighted by Crippen LogP contribution is 2.57. The third kappa shape index (κ3) is 3.46. The average molecular weight is 522 g/mol. The summed E-state index contributed by atoms with van der Waals surface area (Å²) < 4.78 is 0. The first-order valence-electron chi connectivity index (χ1n) is 14.1. The van der Waals surface area contributed by atoms with E-state index < -0.39 is 17.8 Å². The van der Waals surface area contributed by atoms with Gasteiger partial charge in [-0.05, 0) is 61.4 Å². The molecule has 1 saturated heterocycles. The van der Waals surface area contributed by atoms with Crippen LogP contribution in [-0.2, 0) is 19.2 Å². The molecule has 2 aromatic rings. The van der Waals surface area contributed by atoms with Crippen LogP contribution in [0.15, 0.2) is 70.8 Å². The van der Waals surface area contributed by atoms with E-state index >= 15 is 0 Å². The first-order chi connectivity index (χ1) is 18.9. The van der Waals surface area contributed by atoms with Gasteiger partial charge < -0.3 is 5.11 Å². The number of likely N-dealkylation sites (tertiary alicyclic amines) is 1. The van der Waals surface area contributed by atoms with E-state index in [1.807, 2.05) is 36.4 Å². The van der Waals surface area contributed by atoms with E-state index in [1.165, 1.54) is 6.08 Å². The van der Waals surface area contributed by atoms with E-state index in [0.717, 1.165) is 48.4 Å². The molecular formula is C33H31NO5. The van der Waals surface area contributed by atoms with Gasteiger partial charge in [-0.2, -0.15) is 0 Å². The molecule has 0 aromatic heterocycles. The van der Waals surface area contributed by atoms with E-state index in [4.69, 9.17) is 0 Å². The zero-order chi connectivity index (χ0) is 27.0. The Kier molecular flexibility index (Phi) is 5.51. The van der Waals surface area contributed by atoms with Gasteiger partial charge in [0.05, 0.1) is 11.8 Å². The third-order valence-corrected chi connectivity index (χ3v) is 9.78. The van der Waals surface area contributed by atoms with E-state index in [2.05, 4.69) is 0 Å². The second-order valence-corrected chi connectivity index (χ2v) is 11.8. The lowest BCUT2D eigenvalue weighted by molar-refractivity contribution is -0.143. The topological polar surface area (TPSA) is 91.8 Å². The molecule has 198 valence electrons. The maximum atomic E-state index is 14.0. The highest BCUT2D eigenvalue weighted by Gasteiger charge is 2.57. The number of allylic oxidation sites excluding steroid dienone is 6. The molecule has 2 fully saturated rings. The molecule has 6 heteroatoms. The van der Waals surface area contributed by atoms with Crippen molar-refractivity contribution in [3.8, 4) is 5.75 Å². The van der Waals surface area contributed by atoms with Crippen molar-refractivity contribution in [3.63, 3.8) is 0 Å². The number of fused-ring (bicyclic) bond motifs is 4. The molecule has 6 nitrogen and oxygen atoms in total. The summed E-state index contributed by atoms with van der Waals surface area (Å²) >= 11 is 0. The van der Waals surface area contributed by atoms with Gasteiger partial charge in [-0.1, -0.05) is 61.2 Å². The summed E-state index contributed by atoms with van der Waals surface area (Å²) in [5.74, 6) is -2.59. The van der Waals surface area contributed by atoms with E-state index in [1.54, 1.807) is 17.9 Å². The molecule has 2 amide bonds. The summed E-state index contributed by atoms with van der Waals surface area (Å²) in [6.45, 7) is 1.66. The van der Waals surface area contributed by atoms with Crippen molar-refractivity contribution in [1.82, 2.24) is 4.90 Å². The highest BCUT2D eigenvalue weighted by molar-refractivity contribution is 6.24. The number of carbonyl (C=O) groups excluding carboxylic acids is 4. The molecule has 39 heavy (non-hydrogen) atoms. The molecule has 0 radical (unpaired) electrons. The summed E-state index contributed by atoms with van der Waals surface area (Å²) in [6.07, 6.45) is 8.97. The number of Topliss-reactive ketones (excluding diaryl/α,β-unsaturated/α-hetero) is 1. The minimum Gasteiger partial charge on any atom is -0.508 e. The fourth-order valence-corrected chi connectivity index (χ4v) is 8.00. The number of hydrogen-bond donors (Lipinski definition) is 1. The quantitative estimate of drug-likeness (QED) is 0.329. The van der Waals surface area contributed by atoms with Crippen LogP contribution >= 0.6 is 0 Å². The monoisotopic (exact) mass is 521 g/mol. The number of imide groups is 1. The van der Waals surface area contributed by atoms with Gasteiger partial charge in [0.1, 0.15) is 5.75 Å². The maximum absolute atomic E-state index is 14.0. The number of amides is 2. The fourth-order valence-electron chi connectivity index (χ4n) is 8.00. The van der Waals surface area contributed by atoms with Gasteiger partial charge in [0.2, 0.25) is 11.8 Å². The minimum absolute atomic E-state index is 0.0486. The standard InChI is InChI=1S/C33H31NO5/c1-17-15-26(36)24-16-23-21(12-13-22-27(23)33(39)34(32(22)38)19-8-3-2-4-9-19)29(30(24)31(17)37)28-20-10-6-5-7-18(20)11-14-25(28)35/h5-7,10-12,14-15,19,22-23,27,29,35H,2-4,8-9,13,16H2,1H3. The number of phenolic OH excluding ortho intramolecular Hbond substituents is 1. The fraction of sp³-hybridized carbons (Fsp3) is 0.394. The van der Waals surface area contributed by atoms with Crippen LogP contribution in [0.4, 0.5) is 0 Å². The first kappa shape index (κ1) is 24.3. The summed E-state index contributed by atoms with van der Waals surface area (Å²) in [6, 6.07) is 11.1. The molecule has 1 N–H and O–H groups in total. The normalized spacial score (nSPS) is 29.3. The molecule has 4 unspecified atom stereocenters. The van der Waals surface area contributed by atoms with Crippen molar-refractivity contribution in [3.05, 3.63) is 76.4 Å². The Morgan fingerprint density at radius 1 is 0.897 bits per heavy atom. The van der Waals surface area contributed by atoms with E-state index in [-0.39, 0.29) is 47.5 Å². The van der Waals surface area contributed by atoms with Gasteiger partial charge in [0, 0.05) is 34.2 Å². The number of carbonyl (C=O) groups is 4. The second kappa shape index (κ2) is 8.87. The van der Waals surface area contributed by atoms with Crippen LogP contribution in [0.3, 0.4) is 0 Å². The molecule has 7 rings (SSSR count). The lowest BCUT2D eigenvalue weighted by atomic mass is 9.59. The first-order valence-corrected chi connectivity index (χ1v) is 14.1. The molecule has 5 aliphatic rings. The molecule has 4 aliphatic carbocycles. The number of hydrogen-bond acceptors (Lipinski definition) is 5. The average Bonchev–Trinajstić information content (AvgIpc) is 3.21. The van der Waals surface area contributed by atoms with Gasteiger partial charge in [0.25, 0.3) is 0 Å². The number of aromatic hydroxyl groups is 1. The van der Waals surface area contributed by atoms with Crippen molar-refractivity contribution in [2.75, 3.05) is 0 Å². The van der Waals surface area contributed by atoms with Gasteiger partial charge in [-0.25, -0.2) is 0 Å². The number of nitrogens with zero attached hydrogens (tertiary/aromatic N) is 1. The van der Waals surface area contributed by atoms with Crippen LogP contribution in [0.2, 0.25) is 0 Å². The maximum Gasteiger partial charge on any atom is 0.233 e. The van der Waals surface area contributed by atoms with Crippen LogP contribution in [0.25, 0.3) is 10.8 Å². The Morgan fingerprint density at radius 2 is 1.67 bits per heavy atom. The number of benzene rings is 2. The van der Waals surface area contributed by atoms with Gasteiger partial charge >= 0.3 is 0 Å². The molecule has 2 aromatic carbocycles. The molecule has 0 spiro atoms. The Balaban J connectivity index is 1.41. The smallest absolute Gasteiger partial charge is 0.233 e. The van der Waals surface area contributed by atoms with Crippen molar-refractivity contribution in [2.45, 2.75) is 63.8 Å². The Hall–Kier alpha value is -3.80. The summed E-state index contributed by atoms with van der Waals surface area (Å²) in [4.78, 5) is 56.3. The largest absolute Gasteiger partial charge is 0.508 e. The third-order valence-electron chi connectivity index (χ3n) is 9.78. The Bertz CT molecular complexity index is 1570. The molecule has 1 heterocycles. The number of ketones is 2. The number of phenols is 1. The lowest BCUT2D eigenvalue weighted by Crippen LogP contribution is -2.43. The zero-order valence-corrected chi connectivity index (χ0v) is 22.0. The van der Waals surface area contributed by atoms with Crippen molar-refractivity contribution >= 4 is 34.2 Å². The molecule has 4 atom stereocenters. The molecule has 0 bridgehead atoms. The van der Waals surface area contributed by atoms with Crippen molar-refractivity contribution in [1.29, 1.82) is 0 Å². The van der Waals surface area contributed by atoms with Gasteiger partial charge in [0.15, 0.2) is 11.6 Å². The van der Waals surface area contributed by atoms with Crippen molar-refractivity contribution < 1.29 is 24.3 Å². The summed E-state index contributed by atoms with van der Waals surface area (Å²) in [5, 5.41) is 13.0. The predicted octanol–water partition coefficient (Wildman–Crippen LogP) is 5.31. The van der Waals surface area contributed by atoms with Gasteiger partial charge in [-0.15, -0.1) is 0 Å². The zero-order valence-electron chi connectivity index (χ0n) is 22.0. The van der Waals surface area contributed by atoms with Crippen LogP contribution in [-0.4, -0.2) is 39.4 Å². The molecule has 1 aliphatic heterocycles.